The Labute approximate surface area is 178 Å². The molecule has 31 heavy (non-hydrogen) atoms. The van der Waals surface area contributed by atoms with Gasteiger partial charge in [-0.2, -0.15) is 4.98 Å². The largest absolute Gasteiger partial charge is 0.461 e. The molecule has 1 fully saturated rings. The van der Waals surface area contributed by atoms with Gasteiger partial charge in [-0.25, -0.2) is 0 Å². The van der Waals surface area contributed by atoms with E-state index in [0.717, 1.165) is 24.0 Å². The van der Waals surface area contributed by atoms with Crippen LogP contribution in [0.2, 0.25) is 0 Å². The molecule has 0 radical (unpaired) electrons. The van der Waals surface area contributed by atoms with Crippen molar-refractivity contribution >= 4 is 5.91 Å². The maximum absolute atomic E-state index is 12.9. The van der Waals surface area contributed by atoms with Gasteiger partial charge in [0.05, 0.1) is 6.26 Å². The van der Waals surface area contributed by atoms with Crippen LogP contribution in [0.1, 0.15) is 34.8 Å². The van der Waals surface area contributed by atoms with E-state index in [2.05, 4.69) is 15.3 Å². The average molecular weight is 418 g/mol. The molecule has 5 rings (SSSR count). The van der Waals surface area contributed by atoms with E-state index in [1.54, 1.807) is 24.5 Å². The Hall–Kier alpha value is -3.68. The number of benzene rings is 1. The SMILES string of the molecule is Cc1ccccc1-c1noc(C[C@@H]2CCCN(C(=O)c3cc(-c4ccco4)on3)C2)n1. The molecule has 1 aliphatic rings. The van der Waals surface area contributed by atoms with Crippen LogP contribution in [0.25, 0.3) is 22.9 Å². The molecule has 8 heteroatoms. The third-order valence-electron chi connectivity index (χ3n) is 5.62. The van der Waals surface area contributed by atoms with Gasteiger partial charge in [0.1, 0.15) is 0 Å². The van der Waals surface area contributed by atoms with Gasteiger partial charge in [0.15, 0.2) is 11.5 Å². The molecule has 4 aromatic rings. The Morgan fingerprint density at radius 2 is 2.03 bits per heavy atom. The number of furan rings is 1. The number of hydrogen-bond donors (Lipinski definition) is 0. The van der Waals surface area contributed by atoms with Crippen molar-refractivity contribution in [1.82, 2.24) is 20.2 Å². The van der Waals surface area contributed by atoms with Crippen molar-refractivity contribution in [2.75, 3.05) is 13.1 Å². The number of carbonyl (C=O) groups is 1. The molecule has 8 nitrogen and oxygen atoms in total. The Kier molecular flexibility index (Phi) is 5.11. The van der Waals surface area contributed by atoms with Crippen LogP contribution in [0.5, 0.6) is 0 Å². The van der Waals surface area contributed by atoms with Crippen molar-refractivity contribution in [3.63, 3.8) is 0 Å². The average Bonchev–Trinajstić information content (AvgIpc) is 3.55. The topological polar surface area (TPSA) is 98.4 Å². The van der Waals surface area contributed by atoms with Gasteiger partial charge in [-0.1, -0.05) is 34.6 Å². The third-order valence-corrected chi connectivity index (χ3v) is 5.62. The van der Waals surface area contributed by atoms with Crippen molar-refractivity contribution in [2.24, 2.45) is 5.92 Å². The highest BCUT2D eigenvalue weighted by Gasteiger charge is 2.28. The van der Waals surface area contributed by atoms with E-state index in [4.69, 9.17) is 13.5 Å². The van der Waals surface area contributed by atoms with Gasteiger partial charge in [-0.3, -0.25) is 4.79 Å². The zero-order chi connectivity index (χ0) is 21.2. The summed E-state index contributed by atoms with van der Waals surface area (Å²) in [6, 6.07) is 13.1. The highest BCUT2D eigenvalue weighted by atomic mass is 16.5. The number of amides is 1. The minimum Gasteiger partial charge on any atom is -0.461 e. The predicted molar refractivity (Wildman–Crippen MR) is 111 cm³/mol. The van der Waals surface area contributed by atoms with Crippen LogP contribution in [-0.4, -0.2) is 39.2 Å². The summed E-state index contributed by atoms with van der Waals surface area (Å²) in [6.07, 6.45) is 4.11. The van der Waals surface area contributed by atoms with Gasteiger partial charge in [0.25, 0.3) is 5.91 Å². The van der Waals surface area contributed by atoms with Gasteiger partial charge in [-0.15, -0.1) is 0 Å². The van der Waals surface area contributed by atoms with Crippen molar-refractivity contribution in [3.05, 3.63) is 65.9 Å². The summed E-state index contributed by atoms with van der Waals surface area (Å²) in [7, 11) is 0. The van der Waals surface area contributed by atoms with Crippen molar-refractivity contribution in [1.29, 1.82) is 0 Å². The molecule has 158 valence electrons. The highest BCUT2D eigenvalue weighted by Crippen LogP contribution is 2.26. The second-order valence-electron chi connectivity index (χ2n) is 7.84. The number of carbonyl (C=O) groups excluding carboxylic acids is 1. The zero-order valence-corrected chi connectivity index (χ0v) is 17.2. The van der Waals surface area contributed by atoms with E-state index in [0.29, 0.717) is 42.7 Å². The zero-order valence-electron chi connectivity index (χ0n) is 17.2. The monoisotopic (exact) mass is 418 g/mol. The molecule has 0 aliphatic carbocycles. The second kappa shape index (κ2) is 8.22. The first-order valence-corrected chi connectivity index (χ1v) is 10.4. The third kappa shape index (κ3) is 4.01. The molecule has 0 unspecified atom stereocenters. The fourth-order valence-electron chi connectivity index (χ4n) is 4.01. The quantitative estimate of drug-likeness (QED) is 0.474. The van der Waals surface area contributed by atoms with Crippen molar-refractivity contribution < 1.29 is 18.3 Å². The van der Waals surface area contributed by atoms with Gasteiger partial charge < -0.3 is 18.4 Å². The van der Waals surface area contributed by atoms with Crippen molar-refractivity contribution in [2.45, 2.75) is 26.2 Å². The Balaban J connectivity index is 1.25. The fraction of sp³-hybridized carbons (Fsp3) is 0.304. The first-order chi connectivity index (χ1) is 15.2. The number of aromatic nitrogens is 3. The molecule has 1 atom stereocenters. The number of nitrogens with zero attached hydrogens (tertiary/aromatic N) is 4. The molecule has 1 aliphatic heterocycles. The summed E-state index contributed by atoms with van der Waals surface area (Å²) in [5.41, 5.74) is 2.36. The molecule has 1 saturated heterocycles. The van der Waals surface area contributed by atoms with E-state index in [1.165, 1.54) is 0 Å². The lowest BCUT2D eigenvalue weighted by molar-refractivity contribution is 0.0657. The van der Waals surface area contributed by atoms with Crippen LogP contribution < -0.4 is 0 Å². The Morgan fingerprint density at radius 1 is 1.13 bits per heavy atom. The summed E-state index contributed by atoms with van der Waals surface area (Å²) >= 11 is 0. The standard InChI is InChI=1S/C23H22N4O4/c1-15-6-2-3-8-17(15)22-24-21(31-26-22)12-16-7-4-10-27(14-16)23(28)18-13-20(30-25-18)19-9-5-11-29-19/h2-3,5-6,8-9,11,13,16H,4,7,10,12,14H2,1H3/t16-/m0/s1. The van der Waals surface area contributed by atoms with E-state index in [1.807, 2.05) is 36.1 Å². The maximum Gasteiger partial charge on any atom is 0.276 e. The summed E-state index contributed by atoms with van der Waals surface area (Å²) in [5, 5.41) is 8.08. The lowest BCUT2D eigenvalue weighted by Crippen LogP contribution is -2.40. The summed E-state index contributed by atoms with van der Waals surface area (Å²) in [5.74, 6) is 2.29. The number of rotatable bonds is 5. The summed E-state index contributed by atoms with van der Waals surface area (Å²) < 4.78 is 16.1. The molecular formula is C23H22N4O4. The van der Waals surface area contributed by atoms with E-state index in [-0.39, 0.29) is 17.5 Å². The van der Waals surface area contributed by atoms with Crippen LogP contribution in [0.15, 0.2) is 62.2 Å². The second-order valence-corrected chi connectivity index (χ2v) is 7.84. The van der Waals surface area contributed by atoms with Gasteiger partial charge in [0, 0.05) is 31.1 Å². The van der Waals surface area contributed by atoms with E-state index >= 15 is 0 Å². The maximum atomic E-state index is 12.9. The molecule has 0 bridgehead atoms. The normalized spacial score (nSPS) is 16.5. The molecule has 3 aromatic heterocycles. The van der Waals surface area contributed by atoms with E-state index < -0.39 is 0 Å². The first kappa shape index (κ1) is 19.3. The predicted octanol–water partition coefficient (Wildman–Crippen LogP) is 4.39. The smallest absolute Gasteiger partial charge is 0.276 e. The number of piperidine rings is 1. The Morgan fingerprint density at radius 3 is 2.87 bits per heavy atom. The molecular weight excluding hydrogens is 396 g/mol. The van der Waals surface area contributed by atoms with Crippen LogP contribution in [-0.2, 0) is 6.42 Å². The van der Waals surface area contributed by atoms with Gasteiger partial charge >= 0.3 is 0 Å². The minimum absolute atomic E-state index is 0.141. The lowest BCUT2D eigenvalue weighted by atomic mass is 9.94. The van der Waals surface area contributed by atoms with Crippen LogP contribution >= 0.6 is 0 Å². The first-order valence-electron chi connectivity index (χ1n) is 10.4. The minimum atomic E-state index is -0.141. The number of aryl methyl sites for hydroxylation is 1. The molecule has 0 spiro atoms. The van der Waals surface area contributed by atoms with Crippen molar-refractivity contribution in [3.8, 4) is 22.9 Å². The van der Waals surface area contributed by atoms with E-state index in [9.17, 15) is 4.79 Å². The van der Waals surface area contributed by atoms with Crippen LogP contribution in [0.3, 0.4) is 0 Å². The molecule has 4 heterocycles. The van der Waals surface area contributed by atoms with Gasteiger partial charge in [0.2, 0.25) is 17.5 Å². The van der Waals surface area contributed by atoms with Crippen LogP contribution in [0.4, 0.5) is 0 Å². The van der Waals surface area contributed by atoms with Crippen LogP contribution in [0, 0.1) is 12.8 Å². The molecule has 1 aromatic carbocycles. The summed E-state index contributed by atoms with van der Waals surface area (Å²) in [6.45, 7) is 3.33. The fourth-order valence-corrected chi connectivity index (χ4v) is 4.01. The lowest BCUT2D eigenvalue weighted by Gasteiger charge is -2.31. The molecule has 0 saturated carbocycles. The number of hydrogen-bond acceptors (Lipinski definition) is 7. The number of likely N-dealkylation sites (tertiary alicyclic amines) is 1. The summed E-state index contributed by atoms with van der Waals surface area (Å²) in [4.78, 5) is 19.3. The highest BCUT2D eigenvalue weighted by molar-refractivity contribution is 5.93. The Bertz CT molecular complexity index is 1180. The molecule has 0 N–H and O–H groups in total. The molecule has 1 amide bonds. The van der Waals surface area contributed by atoms with Gasteiger partial charge in [-0.05, 0) is 43.4 Å².